The van der Waals surface area contributed by atoms with Crippen LogP contribution in [0, 0.1) is 0 Å². The van der Waals surface area contributed by atoms with Crippen molar-refractivity contribution < 1.29 is 0 Å². The molecule has 2 unspecified atom stereocenters. The van der Waals surface area contributed by atoms with E-state index >= 15 is 0 Å². The monoisotopic (exact) mass is 285 g/mol. The van der Waals surface area contributed by atoms with Crippen molar-refractivity contribution in [2.24, 2.45) is 0 Å². The Hall–Kier alpha value is -1.31. The van der Waals surface area contributed by atoms with Gasteiger partial charge in [0.15, 0.2) is 0 Å². The minimum Gasteiger partial charge on any atom is -0.313 e. The summed E-state index contributed by atoms with van der Waals surface area (Å²) in [5.74, 6) is 0.545. The summed E-state index contributed by atoms with van der Waals surface area (Å²) < 4.78 is 0. The topological polar surface area (TPSA) is 12.0 Å². The Balaban J connectivity index is 1.56. The van der Waals surface area contributed by atoms with E-state index in [0.29, 0.717) is 12.0 Å². The normalized spacial score (nSPS) is 18.8. The fourth-order valence-electron chi connectivity index (χ4n) is 2.97. The van der Waals surface area contributed by atoms with Crippen LogP contribution in [0.1, 0.15) is 29.5 Å². The van der Waals surface area contributed by atoms with Gasteiger partial charge < -0.3 is 5.32 Å². The van der Waals surface area contributed by atoms with Gasteiger partial charge in [-0.2, -0.15) is 0 Å². The van der Waals surface area contributed by atoms with E-state index in [9.17, 15) is 0 Å². The maximum atomic E-state index is 6.06. The summed E-state index contributed by atoms with van der Waals surface area (Å²) in [5.41, 5.74) is 4.25. The highest BCUT2D eigenvalue weighted by atomic mass is 35.5. The van der Waals surface area contributed by atoms with Crippen molar-refractivity contribution in [1.82, 2.24) is 5.32 Å². The molecule has 2 heteroatoms. The van der Waals surface area contributed by atoms with Crippen molar-refractivity contribution in [2.75, 3.05) is 6.54 Å². The molecule has 0 heterocycles. The predicted octanol–water partition coefficient (Wildman–Crippen LogP) is 4.20. The Morgan fingerprint density at radius 1 is 1.10 bits per heavy atom. The van der Waals surface area contributed by atoms with Crippen molar-refractivity contribution in [2.45, 2.75) is 31.7 Å². The molecule has 1 N–H and O–H groups in total. The van der Waals surface area contributed by atoms with E-state index in [1.807, 2.05) is 6.07 Å². The molecule has 3 rings (SSSR count). The molecule has 0 aromatic heterocycles. The number of nitrogens with one attached hydrogen (secondary N) is 1. The van der Waals surface area contributed by atoms with Gasteiger partial charge in [-0.15, -0.1) is 0 Å². The lowest BCUT2D eigenvalue weighted by molar-refractivity contribution is 0.506. The summed E-state index contributed by atoms with van der Waals surface area (Å²) in [6.45, 7) is 3.30. The Bertz CT molecular complexity index is 579. The minimum absolute atomic E-state index is 0.545. The number of benzene rings is 2. The van der Waals surface area contributed by atoms with Crippen LogP contribution in [-0.4, -0.2) is 12.6 Å². The average Bonchev–Trinajstić information content (AvgIpc) is 2.87. The van der Waals surface area contributed by atoms with Crippen molar-refractivity contribution in [3.05, 3.63) is 70.2 Å². The number of halogens is 1. The van der Waals surface area contributed by atoms with Gasteiger partial charge in [0, 0.05) is 17.6 Å². The van der Waals surface area contributed by atoms with E-state index in [4.69, 9.17) is 11.6 Å². The van der Waals surface area contributed by atoms with Gasteiger partial charge in [-0.25, -0.2) is 0 Å². The molecule has 0 fully saturated rings. The second kappa shape index (κ2) is 5.99. The van der Waals surface area contributed by atoms with Gasteiger partial charge >= 0.3 is 0 Å². The standard InChI is InChI=1S/C18H20ClN/c1-13(14-5-3-2-4-6-14)12-20-18-10-15-7-8-17(19)9-16(15)11-18/h2-9,13,18,20H,10-12H2,1H3. The number of hydrogen-bond acceptors (Lipinski definition) is 1. The Labute approximate surface area is 126 Å². The molecule has 0 saturated carbocycles. The molecule has 20 heavy (non-hydrogen) atoms. The third-order valence-corrected chi connectivity index (χ3v) is 4.42. The van der Waals surface area contributed by atoms with Gasteiger partial charge in [-0.05, 0) is 47.6 Å². The summed E-state index contributed by atoms with van der Waals surface area (Å²) in [6, 6.07) is 17.5. The van der Waals surface area contributed by atoms with Crippen LogP contribution in [0.3, 0.4) is 0 Å². The fraction of sp³-hybridized carbons (Fsp3) is 0.333. The second-order valence-electron chi connectivity index (χ2n) is 5.74. The zero-order chi connectivity index (χ0) is 13.9. The first kappa shape index (κ1) is 13.7. The highest BCUT2D eigenvalue weighted by Gasteiger charge is 2.21. The van der Waals surface area contributed by atoms with Gasteiger partial charge in [0.2, 0.25) is 0 Å². The van der Waals surface area contributed by atoms with Gasteiger partial charge in [-0.1, -0.05) is 54.9 Å². The van der Waals surface area contributed by atoms with Crippen molar-refractivity contribution in [3.63, 3.8) is 0 Å². The van der Waals surface area contributed by atoms with E-state index in [1.165, 1.54) is 16.7 Å². The maximum Gasteiger partial charge on any atom is 0.0408 e. The van der Waals surface area contributed by atoms with Crippen LogP contribution in [0.4, 0.5) is 0 Å². The molecule has 1 aliphatic rings. The molecule has 2 aromatic carbocycles. The molecule has 0 spiro atoms. The molecule has 0 aliphatic heterocycles. The molecule has 2 aromatic rings. The number of fused-ring (bicyclic) bond motifs is 1. The van der Waals surface area contributed by atoms with E-state index in [2.05, 4.69) is 54.7 Å². The van der Waals surface area contributed by atoms with Crippen LogP contribution >= 0.6 is 11.6 Å². The van der Waals surface area contributed by atoms with Crippen LogP contribution in [0.25, 0.3) is 0 Å². The Morgan fingerprint density at radius 3 is 2.65 bits per heavy atom. The molecular weight excluding hydrogens is 266 g/mol. The third-order valence-electron chi connectivity index (χ3n) is 4.18. The van der Waals surface area contributed by atoms with Crippen molar-refractivity contribution >= 4 is 11.6 Å². The van der Waals surface area contributed by atoms with Crippen molar-refractivity contribution in [3.8, 4) is 0 Å². The largest absolute Gasteiger partial charge is 0.313 e. The average molecular weight is 286 g/mol. The van der Waals surface area contributed by atoms with Crippen LogP contribution in [0.2, 0.25) is 5.02 Å². The molecule has 2 atom stereocenters. The number of hydrogen-bond donors (Lipinski definition) is 1. The predicted molar refractivity (Wildman–Crippen MR) is 85.5 cm³/mol. The third kappa shape index (κ3) is 3.05. The fourth-order valence-corrected chi connectivity index (χ4v) is 3.17. The van der Waals surface area contributed by atoms with E-state index in [0.717, 1.165) is 24.4 Å². The smallest absolute Gasteiger partial charge is 0.0408 e. The first-order valence-electron chi connectivity index (χ1n) is 7.28. The summed E-state index contributed by atoms with van der Waals surface area (Å²) in [7, 11) is 0. The number of rotatable bonds is 4. The SMILES string of the molecule is CC(CNC1Cc2ccc(Cl)cc2C1)c1ccccc1. The zero-order valence-corrected chi connectivity index (χ0v) is 12.5. The van der Waals surface area contributed by atoms with Crippen LogP contribution in [0.15, 0.2) is 48.5 Å². The zero-order valence-electron chi connectivity index (χ0n) is 11.8. The van der Waals surface area contributed by atoms with Gasteiger partial charge in [0.25, 0.3) is 0 Å². The van der Waals surface area contributed by atoms with E-state index in [-0.39, 0.29) is 0 Å². The lowest BCUT2D eigenvalue weighted by Gasteiger charge is -2.17. The lowest BCUT2D eigenvalue weighted by atomic mass is 10.0. The molecular formula is C18H20ClN. The minimum atomic E-state index is 0.545. The van der Waals surface area contributed by atoms with Crippen LogP contribution in [-0.2, 0) is 12.8 Å². The van der Waals surface area contributed by atoms with Crippen LogP contribution in [0.5, 0.6) is 0 Å². The summed E-state index contributed by atoms with van der Waals surface area (Å²) in [6.07, 6.45) is 2.21. The molecule has 1 nitrogen and oxygen atoms in total. The van der Waals surface area contributed by atoms with Crippen molar-refractivity contribution in [1.29, 1.82) is 0 Å². The Kier molecular flexibility index (Phi) is 4.09. The van der Waals surface area contributed by atoms with Gasteiger partial charge in [0.05, 0.1) is 0 Å². The van der Waals surface area contributed by atoms with Gasteiger partial charge in [0.1, 0.15) is 0 Å². The molecule has 0 saturated heterocycles. The lowest BCUT2D eigenvalue weighted by Crippen LogP contribution is -2.32. The van der Waals surface area contributed by atoms with E-state index in [1.54, 1.807) is 0 Å². The molecule has 0 radical (unpaired) electrons. The summed E-state index contributed by atoms with van der Waals surface area (Å²) >= 11 is 6.06. The van der Waals surface area contributed by atoms with Gasteiger partial charge in [-0.3, -0.25) is 0 Å². The molecule has 0 bridgehead atoms. The van der Waals surface area contributed by atoms with E-state index < -0.39 is 0 Å². The summed E-state index contributed by atoms with van der Waals surface area (Å²) in [5, 5.41) is 4.55. The van der Waals surface area contributed by atoms with Crippen LogP contribution < -0.4 is 5.32 Å². The highest BCUT2D eigenvalue weighted by Crippen LogP contribution is 2.25. The maximum absolute atomic E-state index is 6.06. The summed E-state index contributed by atoms with van der Waals surface area (Å²) in [4.78, 5) is 0. The highest BCUT2D eigenvalue weighted by molar-refractivity contribution is 6.30. The first-order valence-corrected chi connectivity index (χ1v) is 7.66. The molecule has 1 aliphatic carbocycles. The molecule has 0 amide bonds. The molecule has 104 valence electrons. The second-order valence-corrected chi connectivity index (χ2v) is 6.17. The Morgan fingerprint density at radius 2 is 1.85 bits per heavy atom. The quantitative estimate of drug-likeness (QED) is 0.888. The first-order chi connectivity index (χ1) is 9.72.